The third-order valence-corrected chi connectivity index (χ3v) is 1.30. The Hall–Kier alpha value is -1.36. The normalized spacial score (nSPS) is 12.8. The molecule has 1 atom stereocenters. The zero-order valence-electron chi connectivity index (χ0n) is 5.82. The number of aliphatic carboxylic acids is 1. The number of aromatic nitrogens is 2. The van der Waals surface area contributed by atoms with Gasteiger partial charge in [0, 0.05) is 12.6 Å². The van der Waals surface area contributed by atoms with Crippen LogP contribution in [-0.4, -0.2) is 27.3 Å². The van der Waals surface area contributed by atoms with E-state index in [2.05, 4.69) is 10.2 Å². The van der Waals surface area contributed by atoms with Crippen LogP contribution >= 0.6 is 0 Å². The van der Waals surface area contributed by atoms with Crippen LogP contribution in [0.3, 0.4) is 0 Å². The van der Waals surface area contributed by atoms with Gasteiger partial charge in [-0.05, 0) is 6.07 Å². The highest BCUT2D eigenvalue weighted by Crippen LogP contribution is 1.95. The fraction of sp³-hybridized carbons (Fsp3) is 0.333. The minimum atomic E-state index is -1.01. The van der Waals surface area contributed by atoms with Crippen LogP contribution < -0.4 is 5.73 Å². The van der Waals surface area contributed by atoms with Crippen molar-refractivity contribution in [2.75, 3.05) is 0 Å². The van der Waals surface area contributed by atoms with Crippen LogP contribution in [0.1, 0.15) is 5.69 Å². The Labute approximate surface area is 63.2 Å². The molecule has 0 aliphatic rings. The number of H-pyrrole nitrogens is 1. The van der Waals surface area contributed by atoms with Crippen LogP contribution in [-0.2, 0) is 11.2 Å². The van der Waals surface area contributed by atoms with Gasteiger partial charge in [0.2, 0.25) is 0 Å². The van der Waals surface area contributed by atoms with E-state index in [4.69, 9.17) is 10.8 Å². The lowest BCUT2D eigenvalue weighted by atomic mass is 10.2. The molecule has 0 saturated carbocycles. The SMILES string of the molecule is N[C@@H](Cc1cc[nH]n1)C(=O)O. The maximum Gasteiger partial charge on any atom is 0.320 e. The molecule has 0 spiro atoms. The Morgan fingerprint density at radius 3 is 3.09 bits per heavy atom. The molecule has 1 aromatic rings. The van der Waals surface area contributed by atoms with E-state index in [9.17, 15) is 4.79 Å². The number of hydrogen-bond donors (Lipinski definition) is 3. The molecule has 0 aromatic carbocycles. The minimum absolute atomic E-state index is 0.263. The van der Waals surface area contributed by atoms with Crippen LogP contribution in [0.2, 0.25) is 0 Å². The number of carboxylic acids is 1. The Bertz CT molecular complexity index is 232. The topological polar surface area (TPSA) is 92.0 Å². The molecule has 60 valence electrons. The van der Waals surface area contributed by atoms with Crippen molar-refractivity contribution in [2.24, 2.45) is 5.73 Å². The molecule has 4 N–H and O–H groups in total. The van der Waals surface area contributed by atoms with Gasteiger partial charge < -0.3 is 10.8 Å². The van der Waals surface area contributed by atoms with Gasteiger partial charge in [0.25, 0.3) is 0 Å². The summed E-state index contributed by atoms with van der Waals surface area (Å²) in [6, 6.07) is 0.835. The molecule has 0 radical (unpaired) electrons. The van der Waals surface area contributed by atoms with Crippen molar-refractivity contribution >= 4 is 5.97 Å². The minimum Gasteiger partial charge on any atom is -0.480 e. The second kappa shape index (κ2) is 3.16. The second-order valence-electron chi connectivity index (χ2n) is 2.21. The van der Waals surface area contributed by atoms with Crippen molar-refractivity contribution in [2.45, 2.75) is 12.5 Å². The van der Waals surface area contributed by atoms with Crippen LogP contribution in [0.4, 0.5) is 0 Å². The highest BCUT2D eigenvalue weighted by molar-refractivity contribution is 5.73. The standard InChI is InChI=1S/C6H9N3O2/c7-5(6(10)11)3-4-1-2-8-9-4/h1-2,5H,3,7H2,(H,8,9)(H,10,11)/t5-/m0/s1. The lowest BCUT2D eigenvalue weighted by Crippen LogP contribution is -2.32. The highest BCUT2D eigenvalue weighted by atomic mass is 16.4. The number of nitrogens with zero attached hydrogens (tertiary/aromatic N) is 1. The van der Waals surface area contributed by atoms with Gasteiger partial charge in [0.1, 0.15) is 6.04 Å². The van der Waals surface area contributed by atoms with Gasteiger partial charge in [0.05, 0.1) is 5.69 Å². The summed E-state index contributed by atoms with van der Waals surface area (Å²) in [5, 5.41) is 14.8. The molecular formula is C6H9N3O2. The Balaban J connectivity index is 2.50. The molecule has 0 bridgehead atoms. The Kier molecular flexibility index (Phi) is 2.22. The zero-order valence-corrected chi connectivity index (χ0v) is 5.82. The molecule has 0 saturated heterocycles. The van der Waals surface area contributed by atoms with E-state index in [-0.39, 0.29) is 6.42 Å². The van der Waals surface area contributed by atoms with Gasteiger partial charge in [0.15, 0.2) is 0 Å². The monoisotopic (exact) mass is 155 g/mol. The predicted molar refractivity (Wildman–Crippen MR) is 37.9 cm³/mol. The maximum absolute atomic E-state index is 10.3. The molecule has 5 heteroatoms. The molecule has 0 aliphatic heterocycles. The molecule has 1 heterocycles. The molecule has 0 unspecified atom stereocenters. The van der Waals surface area contributed by atoms with E-state index < -0.39 is 12.0 Å². The van der Waals surface area contributed by atoms with Gasteiger partial charge in [-0.2, -0.15) is 5.10 Å². The lowest BCUT2D eigenvalue weighted by molar-refractivity contribution is -0.138. The number of nitrogens with two attached hydrogens (primary N) is 1. The summed E-state index contributed by atoms with van der Waals surface area (Å²) in [5.74, 6) is -1.01. The summed E-state index contributed by atoms with van der Waals surface area (Å²) in [6.45, 7) is 0. The number of carboxylic acid groups (broad SMARTS) is 1. The van der Waals surface area contributed by atoms with Crippen LogP contribution in [0, 0.1) is 0 Å². The van der Waals surface area contributed by atoms with Crippen molar-refractivity contribution in [1.82, 2.24) is 10.2 Å². The van der Waals surface area contributed by atoms with Gasteiger partial charge in [-0.25, -0.2) is 0 Å². The summed E-state index contributed by atoms with van der Waals surface area (Å²) in [5.41, 5.74) is 5.92. The molecule has 0 amide bonds. The van der Waals surface area contributed by atoms with E-state index in [1.807, 2.05) is 0 Å². The zero-order chi connectivity index (χ0) is 8.27. The smallest absolute Gasteiger partial charge is 0.320 e. The molecule has 0 aliphatic carbocycles. The number of rotatable bonds is 3. The highest BCUT2D eigenvalue weighted by Gasteiger charge is 2.12. The van der Waals surface area contributed by atoms with Crippen LogP contribution in [0.15, 0.2) is 12.3 Å². The molecule has 0 fully saturated rings. The van der Waals surface area contributed by atoms with Crippen molar-refractivity contribution < 1.29 is 9.90 Å². The van der Waals surface area contributed by atoms with Crippen LogP contribution in [0.25, 0.3) is 0 Å². The van der Waals surface area contributed by atoms with Gasteiger partial charge >= 0.3 is 5.97 Å². The third-order valence-electron chi connectivity index (χ3n) is 1.30. The molecule has 1 rings (SSSR count). The Morgan fingerprint density at radius 2 is 2.64 bits per heavy atom. The van der Waals surface area contributed by atoms with Crippen molar-refractivity contribution in [3.63, 3.8) is 0 Å². The fourth-order valence-electron chi connectivity index (χ4n) is 0.717. The third kappa shape index (κ3) is 2.05. The van der Waals surface area contributed by atoms with Crippen molar-refractivity contribution in [1.29, 1.82) is 0 Å². The first-order chi connectivity index (χ1) is 5.20. The average Bonchev–Trinajstić information content (AvgIpc) is 2.39. The molecule has 11 heavy (non-hydrogen) atoms. The molecule has 1 aromatic heterocycles. The average molecular weight is 155 g/mol. The van der Waals surface area contributed by atoms with Crippen molar-refractivity contribution in [3.05, 3.63) is 18.0 Å². The fourth-order valence-corrected chi connectivity index (χ4v) is 0.717. The van der Waals surface area contributed by atoms with E-state index in [1.54, 1.807) is 12.3 Å². The molecule has 5 nitrogen and oxygen atoms in total. The largest absolute Gasteiger partial charge is 0.480 e. The summed E-state index contributed by atoms with van der Waals surface area (Å²) in [6.07, 6.45) is 1.89. The summed E-state index contributed by atoms with van der Waals surface area (Å²) >= 11 is 0. The van der Waals surface area contributed by atoms with E-state index >= 15 is 0 Å². The van der Waals surface area contributed by atoms with E-state index in [0.29, 0.717) is 5.69 Å². The number of nitrogens with one attached hydrogen (secondary N) is 1. The first-order valence-corrected chi connectivity index (χ1v) is 3.17. The molecular weight excluding hydrogens is 146 g/mol. The van der Waals surface area contributed by atoms with Gasteiger partial charge in [-0.3, -0.25) is 9.89 Å². The first kappa shape index (κ1) is 7.74. The van der Waals surface area contributed by atoms with Crippen LogP contribution in [0.5, 0.6) is 0 Å². The number of carbonyl (C=O) groups is 1. The lowest BCUT2D eigenvalue weighted by Gasteiger charge is -2.01. The summed E-state index contributed by atoms with van der Waals surface area (Å²) in [4.78, 5) is 10.3. The summed E-state index contributed by atoms with van der Waals surface area (Å²) in [7, 11) is 0. The summed E-state index contributed by atoms with van der Waals surface area (Å²) < 4.78 is 0. The predicted octanol–water partition coefficient (Wildman–Crippen LogP) is -0.636. The van der Waals surface area contributed by atoms with E-state index in [0.717, 1.165) is 0 Å². The van der Waals surface area contributed by atoms with Crippen molar-refractivity contribution in [3.8, 4) is 0 Å². The maximum atomic E-state index is 10.3. The quantitative estimate of drug-likeness (QED) is 0.541. The second-order valence-corrected chi connectivity index (χ2v) is 2.21. The number of aromatic amines is 1. The number of hydrogen-bond acceptors (Lipinski definition) is 3. The van der Waals surface area contributed by atoms with Gasteiger partial charge in [-0.15, -0.1) is 0 Å². The first-order valence-electron chi connectivity index (χ1n) is 3.17. The Morgan fingerprint density at radius 1 is 1.91 bits per heavy atom. The van der Waals surface area contributed by atoms with Gasteiger partial charge in [-0.1, -0.05) is 0 Å². The van der Waals surface area contributed by atoms with E-state index in [1.165, 1.54) is 0 Å².